The molecule has 0 aliphatic rings. The highest BCUT2D eigenvalue weighted by molar-refractivity contribution is 5.64. The minimum atomic E-state index is -0.829. The second kappa shape index (κ2) is 7.71. The summed E-state index contributed by atoms with van der Waals surface area (Å²) >= 11 is 0. The van der Waals surface area contributed by atoms with E-state index in [1.54, 1.807) is 37.4 Å². The molecule has 0 spiro atoms. The Balaban J connectivity index is 1.92. The summed E-state index contributed by atoms with van der Waals surface area (Å²) in [7, 11) is 3.07. The van der Waals surface area contributed by atoms with E-state index >= 15 is 0 Å². The number of nitrogens with zero attached hydrogens (tertiary/aromatic N) is 1. The highest BCUT2D eigenvalue weighted by Gasteiger charge is 2.09. The van der Waals surface area contributed by atoms with Crippen molar-refractivity contribution in [3.05, 3.63) is 53.6 Å². The van der Waals surface area contributed by atoms with Crippen LogP contribution in [0.25, 0.3) is 0 Å². The second-order valence-electron chi connectivity index (χ2n) is 4.47. The van der Waals surface area contributed by atoms with Gasteiger partial charge < -0.3 is 18.9 Å². The van der Waals surface area contributed by atoms with Crippen LogP contribution < -0.4 is 14.2 Å². The number of rotatable bonds is 5. The zero-order valence-corrected chi connectivity index (χ0v) is 12.7. The number of carbonyl (C=O) groups excluding carboxylic acids is 1. The van der Waals surface area contributed by atoms with E-state index in [9.17, 15) is 4.79 Å². The van der Waals surface area contributed by atoms with Gasteiger partial charge >= 0.3 is 6.16 Å². The lowest BCUT2D eigenvalue weighted by molar-refractivity contribution is 0.0927. The van der Waals surface area contributed by atoms with Gasteiger partial charge in [0.2, 0.25) is 0 Å². The Hall–Kier alpha value is -3.20. The predicted octanol–water partition coefficient (Wildman–Crippen LogP) is 3.29. The van der Waals surface area contributed by atoms with Crippen LogP contribution in [0.4, 0.5) is 4.79 Å². The first kappa shape index (κ1) is 16.2. The van der Waals surface area contributed by atoms with Crippen molar-refractivity contribution >= 4 is 6.16 Å². The molecule has 0 saturated heterocycles. The number of ether oxygens (including phenoxy) is 4. The molecule has 0 unspecified atom stereocenters. The van der Waals surface area contributed by atoms with Crippen LogP contribution in [0, 0.1) is 11.3 Å². The fourth-order valence-electron chi connectivity index (χ4n) is 1.84. The molecule has 23 heavy (non-hydrogen) atoms. The van der Waals surface area contributed by atoms with Gasteiger partial charge in [-0.1, -0.05) is 6.07 Å². The zero-order valence-electron chi connectivity index (χ0n) is 12.7. The van der Waals surface area contributed by atoms with E-state index in [-0.39, 0.29) is 6.61 Å². The number of methoxy groups -OCH3 is 2. The molecule has 0 saturated carbocycles. The molecule has 0 radical (unpaired) electrons. The van der Waals surface area contributed by atoms with Crippen molar-refractivity contribution in [1.82, 2.24) is 0 Å². The SMILES string of the molecule is COc1ccc(COC(=O)Oc2ccc(C#N)cc2)cc1OC. The van der Waals surface area contributed by atoms with Gasteiger partial charge in [0, 0.05) is 0 Å². The van der Waals surface area contributed by atoms with E-state index in [0.29, 0.717) is 22.8 Å². The van der Waals surface area contributed by atoms with Crippen molar-refractivity contribution < 1.29 is 23.7 Å². The van der Waals surface area contributed by atoms with Gasteiger partial charge in [-0.3, -0.25) is 0 Å². The predicted molar refractivity (Wildman–Crippen MR) is 81.5 cm³/mol. The van der Waals surface area contributed by atoms with E-state index in [4.69, 9.17) is 24.2 Å². The third-order valence-corrected chi connectivity index (χ3v) is 2.99. The average Bonchev–Trinajstić information content (AvgIpc) is 2.60. The lowest BCUT2D eigenvalue weighted by Crippen LogP contribution is -2.10. The first-order valence-corrected chi connectivity index (χ1v) is 6.72. The molecule has 0 aromatic heterocycles. The summed E-state index contributed by atoms with van der Waals surface area (Å²) in [5.41, 5.74) is 1.22. The zero-order chi connectivity index (χ0) is 16.7. The van der Waals surface area contributed by atoms with Crippen LogP contribution in [0.3, 0.4) is 0 Å². The fraction of sp³-hybridized carbons (Fsp3) is 0.176. The van der Waals surface area contributed by atoms with Crippen molar-refractivity contribution in [2.75, 3.05) is 14.2 Å². The molecule has 0 atom stereocenters. The maximum absolute atomic E-state index is 11.7. The molecule has 0 amide bonds. The van der Waals surface area contributed by atoms with Crippen LogP contribution in [-0.2, 0) is 11.3 Å². The van der Waals surface area contributed by atoms with E-state index in [2.05, 4.69) is 0 Å². The first-order chi connectivity index (χ1) is 11.2. The minimum absolute atomic E-state index is 0.0372. The molecule has 0 heterocycles. The number of benzene rings is 2. The quantitative estimate of drug-likeness (QED) is 0.622. The summed E-state index contributed by atoms with van der Waals surface area (Å²) in [4.78, 5) is 11.7. The van der Waals surface area contributed by atoms with Crippen LogP contribution in [0.2, 0.25) is 0 Å². The molecular weight excluding hydrogens is 298 g/mol. The third kappa shape index (κ3) is 4.38. The molecule has 2 rings (SSSR count). The Kier molecular flexibility index (Phi) is 5.42. The molecule has 0 aliphatic carbocycles. The maximum atomic E-state index is 11.7. The van der Waals surface area contributed by atoms with Gasteiger partial charge in [-0.25, -0.2) is 4.79 Å². The standard InChI is InChI=1S/C17H15NO5/c1-20-15-8-5-13(9-16(15)21-2)11-22-17(19)23-14-6-3-12(10-18)4-7-14/h3-9H,11H2,1-2H3. The summed E-state index contributed by atoms with van der Waals surface area (Å²) in [5, 5.41) is 8.70. The van der Waals surface area contributed by atoms with Gasteiger partial charge in [-0.05, 0) is 42.0 Å². The molecule has 6 nitrogen and oxygen atoms in total. The van der Waals surface area contributed by atoms with Gasteiger partial charge in [0.1, 0.15) is 12.4 Å². The topological polar surface area (TPSA) is 77.8 Å². The van der Waals surface area contributed by atoms with E-state index < -0.39 is 6.16 Å². The normalized spacial score (nSPS) is 9.61. The fourth-order valence-corrected chi connectivity index (χ4v) is 1.84. The second-order valence-corrected chi connectivity index (χ2v) is 4.47. The Bertz CT molecular complexity index is 719. The van der Waals surface area contributed by atoms with E-state index in [0.717, 1.165) is 5.56 Å². The Morgan fingerprint density at radius 1 is 1.04 bits per heavy atom. The molecule has 0 aliphatic heterocycles. The minimum Gasteiger partial charge on any atom is -0.493 e. The number of carbonyl (C=O) groups is 1. The first-order valence-electron chi connectivity index (χ1n) is 6.72. The molecule has 0 bridgehead atoms. The molecule has 0 fully saturated rings. The van der Waals surface area contributed by atoms with Crippen molar-refractivity contribution in [3.63, 3.8) is 0 Å². The summed E-state index contributed by atoms with van der Waals surface area (Å²) in [6.07, 6.45) is -0.829. The van der Waals surface area contributed by atoms with Crippen LogP contribution in [0.1, 0.15) is 11.1 Å². The van der Waals surface area contributed by atoms with Crippen LogP contribution in [-0.4, -0.2) is 20.4 Å². The largest absolute Gasteiger partial charge is 0.514 e. The lowest BCUT2D eigenvalue weighted by Gasteiger charge is -2.10. The number of hydrogen-bond donors (Lipinski definition) is 0. The van der Waals surface area contributed by atoms with Gasteiger partial charge in [-0.15, -0.1) is 0 Å². The van der Waals surface area contributed by atoms with Gasteiger partial charge in [0.05, 0.1) is 25.9 Å². The van der Waals surface area contributed by atoms with Crippen molar-refractivity contribution in [2.24, 2.45) is 0 Å². The highest BCUT2D eigenvalue weighted by Crippen LogP contribution is 2.27. The van der Waals surface area contributed by atoms with Crippen molar-refractivity contribution in [2.45, 2.75) is 6.61 Å². The van der Waals surface area contributed by atoms with Crippen LogP contribution in [0.5, 0.6) is 17.2 Å². The molecular formula is C17H15NO5. The van der Waals surface area contributed by atoms with Gasteiger partial charge in [-0.2, -0.15) is 5.26 Å². The number of hydrogen-bond acceptors (Lipinski definition) is 6. The van der Waals surface area contributed by atoms with Gasteiger partial charge in [0.15, 0.2) is 11.5 Å². The van der Waals surface area contributed by atoms with E-state index in [1.165, 1.54) is 19.2 Å². The van der Waals surface area contributed by atoms with Crippen LogP contribution >= 0.6 is 0 Å². The molecule has 6 heteroatoms. The number of nitriles is 1. The van der Waals surface area contributed by atoms with Crippen molar-refractivity contribution in [3.8, 4) is 23.3 Å². The maximum Gasteiger partial charge on any atom is 0.514 e. The average molecular weight is 313 g/mol. The molecule has 118 valence electrons. The third-order valence-electron chi connectivity index (χ3n) is 2.99. The van der Waals surface area contributed by atoms with E-state index in [1.807, 2.05) is 6.07 Å². The summed E-state index contributed by atoms with van der Waals surface area (Å²) in [5.74, 6) is 1.45. The Morgan fingerprint density at radius 2 is 1.74 bits per heavy atom. The summed E-state index contributed by atoms with van der Waals surface area (Å²) in [6.45, 7) is 0.0372. The van der Waals surface area contributed by atoms with Crippen molar-refractivity contribution in [1.29, 1.82) is 5.26 Å². The Labute approximate surface area is 133 Å². The smallest absolute Gasteiger partial charge is 0.493 e. The summed E-state index contributed by atoms with van der Waals surface area (Å²) < 4.78 is 20.4. The van der Waals surface area contributed by atoms with Crippen LogP contribution in [0.15, 0.2) is 42.5 Å². The highest BCUT2D eigenvalue weighted by atomic mass is 16.7. The summed E-state index contributed by atoms with van der Waals surface area (Å²) in [6, 6.07) is 13.3. The molecule has 0 N–H and O–H groups in total. The lowest BCUT2D eigenvalue weighted by atomic mass is 10.2. The van der Waals surface area contributed by atoms with Gasteiger partial charge in [0.25, 0.3) is 0 Å². The Morgan fingerprint density at radius 3 is 2.35 bits per heavy atom. The molecule has 2 aromatic rings. The monoisotopic (exact) mass is 313 g/mol. The molecule has 2 aromatic carbocycles.